The Morgan fingerprint density at radius 2 is 1.96 bits per heavy atom. The van der Waals surface area contributed by atoms with Crippen LogP contribution in [0.15, 0.2) is 47.1 Å². The van der Waals surface area contributed by atoms with E-state index in [2.05, 4.69) is 20.8 Å². The first-order valence-electron chi connectivity index (χ1n) is 6.94. The van der Waals surface area contributed by atoms with E-state index in [0.717, 1.165) is 0 Å². The SMILES string of the molecule is Cc1cc(NC(=O)c2ccc(Nc3ccc(Cl)cc3Cl)nc2)no1. The molecule has 2 aromatic heterocycles. The highest BCUT2D eigenvalue weighted by molar-refractivity contribution is 6.36. The molecular formula is C16H12Cl2N4O2. The van der Waals surface area contributed by atoms with Crippen LogP contribution < -0.4 is 10.6 Å². The van der Waals surface area contributed by atoms with Gasteiger partial charge in [-0.05, 0) is 37.3 Å². The highest BCUT2D eigenvalue weighted by atomic mass is 35.5. The standard InChI is InChI=1S/C16H12Cl2N4O2/c1-9-6-15(22-24-9)21-16(23)10-2-5-14(19-8-10)20-13-4-3-11(17)7-12(13)18/h2-8H,1H3,(H,19,20)(H,21,22,23). The average Bonchev–Trinajstić information content (AvgIpc) is 2.96. The Hall–Kier alpha value is -2.57. The van der Waals surface area contributed by atoms with E-state index in [9.17, 15) is 4.79 Å². The summed E-state index contributed by atoms with van der Waals surface area (Å²) in [5, 5.41) is 10.4. The van der Waals surface area contributed by atoms with Crippen LogP contribution in [0.1, 0.15) is 16.1 Å². The third kappa shape index (κ3) is 3.84. The first-order valence-corrected chi connectivity index (χ1v) is 7.69. The lowest BCUT2D eigenvalue weighted by molar-refractivity contribution is 0.102. The largest absolute Gasteiger partial charge is 0.360 e. The van der Waals surface area contributed by atoms with Crippen molar-refractivity contribution in [2.24, 2.45) is 0 Å². The molecule has 122 valence electrons. The minimum Gasteiger partial charge on any atom is -0.360 e. The van der Waals surface area contributed by atoms with Gasteiger partial charge >= 0.3 is 0 Å². The zero-order valence-electron chi connectivity index (χ0n) is 12.5. The molecule has 0 aliphatic carbocycles. The number of anilines is 3. The number of carbonyl (C=O) groups is 1. The van der Waals surface area contributed by atoms with Crippen molar-refractivity contribution in [3.8, 4) is 0 Å². The Labute approximate surface area is 147 Å². The lowest BCUT2D eigenvalue weighted by atomic mass is 10.2. The molecule has 0 aliphatic rings. The van der Waals surface area contributed by atoms with Gasteiger partial charge in [-0.2, -0.15) is 0 Å². The number of hydrogen-bond acceptors (Lipinski definition) is 5. The number of pyridine rings is 1. The zero-order chi connectivity index (χ0) is 17.1. The number of carbonyl (C=O) groups excluding carboxylic acids is 1. The minimum absolute atomic E-state index is 0.327. The molecule has 8 heteroatoms. The summed E-state index contributed by atoms with van der Waals surface area (Å²) in [5.41, 5.74) is 1.06. The average molecular weight is 363 g/mol. The van der Waals surface area contributed by atoms with Gasteiger partial charge in [-0.25, -0.2) is 4.98 Å². The fraction of sp³-hybridized carbons (Fsp3) is 0.0625. The van der Waals surface area contributed by atoms with Gasteiger partial charge in [-0.15, -0.1) is 0 Å². The molecular weight excluding hydrogens is 351 g/mol. The van der Waals surface area contributed by atoms with E-state index < -0.39 is 0 Å². The van der Waals surface area contributed by atoms with Gasteiger partial charge in [0.1, 0.15) is 11.6 Å². The van der Waals surface area contributed by atoms with E-state index in [0.29, 0.717) is 38.7 Å². The third-order valence-corrected chi connectivity index (χ3v) is 3.64. The zero-order valence-corrected chi connectivity index (χ0v) is 14.0. The Balaban J connectivity index is 1.69. The molecule has 0 spiro atoms. The van der Waals surface area contributed by atoms with Crippen LogP contribution in [0.2, 0.25) is 10.0 Å². The lowest BCUT2D eigenvalue weighted by Crippen LogP contribution is -2.12. The fourth-order valence-electron chi connectivity index (χ4n) is 1.94. The van der Waals surface area contributed by atoms with E-state index in [1.54, 1.807) is 43.3 Å². The van der Waals surface area contributed by atoms with Gasteiger partial charge in [0.15, 0.2) is 5.82 Å². The highest BCUT2D eigenvalue weighted by Crippen LogP contribution is 2.27. The number of aromatic nitrogens is 2. The van der Waals surface area contributed by atoms with Crippen LogP contribution in [0.25, 0.3) is 0 Å². The third-order valence-electron chi connectivity index (χ3n) is 3.09. The van der Waals surface area contributed by atoms with Crippen LogP contribution >= 0.6 is 23.2 Å². The maximum atomic E-state index is 12.1. The lowest BCUT2D eigenvalue weighted by Gasteiger charge is -2.08. The molecule has 0 saturated heterocycles. The summed E-state index contributed by atoms with van der Waals surface area (Å²) < 4.78 is 4.89. The molecule has 0 atom stereocenters. The summed E-state index contributed by atoms with van der Waals surface area (Å²) in [7, 11) is 0. The molecule has 6 nitrogen and oxygen atoms in total. The molecule has 0 aliphatic heterocycles. The van der Waals surface area contributed by atoms with Crippen molar-refractivity contribution >= 4 is 46.4 Å². The number of amides is 1. The van der Waals surface area contributed by atoms with Crippen molar-refractivity contribution in [3.05, 3.63) is 64.0 Å². The molecule has 3 aromatic rings. The second-order valence-electron chi connectivity index (χ2n) is 4.96. The predicted octanol–water partition coefficient (Wildman–Crippen LogP) is 4.68. The Morgan fingerprint density at radius 3 is 2.58 bits per heavy atom. The number of aryl methyl sites for hydroxylation is 1. The number of nitrogens with one attached hydrogen (secondary N) is 2. The Kier molecular flexibility index (Phi) is 4.69. The maximum Gasteiger partial charge on any atom is 0.258 e. The summed E-state index contributed by atoms with van der Waals surface area (Å²) in [5.74, 6) is 1.19. The fourth-order valence-corrected chi connectivity index (χ4v) is 2.40. The topological polar surface area (TPSA) is 80.0 Å². The van der Waals surface area contributed by atoms with Gasteiger partial charge < -0.3 is 15.2 Å². The first-order chi connectivity index (χ1) is 11.5. The first kappa shape index (κ1) is 16.3. The molecule has 0 bridgehead atoms. The van der Waals surface area contributed by atoms with Gasteiger partial charge in [0.25, 0.3) is 5.91 Å². The summed E-state index contributed by atoms with van der Waals surface area (Å²) >= 11 is 12.0. The van der Waals surface area contributed by atoms with Crippen molar-refractivity contribution in [2.75, 3.05) is 10.6 Å². The van der Waals surface area contributed by atoms with E-state index in [1.165, 1.54) is 6.20 Å². The molecule has 3 rings (SSSR count). The molecule has 2 N–H and O–H groups in total. The predicted molar refractivity (Wildman–Crippen MR) is 93.2 cm³/mol. The summed E-state index contributed by atoms with van der Waals surface area (Å²) in [6, 6.07) is 10.0. The van der Waals surface area contributed by atoms with Gasteiger partial charge in [-0.3, -0.25) is 4.79 Å². The van der Waals surface area contributed by atoms with Crippen LogP contribution in [0.3, 0.4) is 0 Å². The Bertz CT molecular complexity index is 878. The van der Waals surface area contributed by atoms with E-state index in [1.807, 2.05) is 0 Å². The van der Waals surface area contributed by atoms with Crippen molar-refractivity contribution in [3.63, 3.8) is 0 Å². The number of hydrogen-bond donors (Lipinski definition) is 2. The van der Waals surface area contributed by atoms with Crippen molar-refractivity contribution < 1.29 is 9.32 Å². The second kappa shape index (κ2) is 6.90. The summed E-state index contributed by atoms with van der Waals surface area (Å²) in [6.45, 7) is 1.74. The smallest absolute Gasteiger partial charge is 0.258 e. The van der Waals surface area contributed by atoms with E-state index in [-0.39, 0.29) is 5.91 Å². The molecule has 1 amide bonds. The van der Waals surface area contributed by atoms with Gasteiger partial charge in [-0.1, -0.05) is 28.4 Å². The summed E-state index contributed by atoms with van der Waals surface area (Å²) in [4.78, 5) is 16.3. The van der Waals surface area contributed by atoms with Crippen LogP contribution in [-0.2, 0) is 0 Å². The number of rotatable bonds is 4. The van der Waals surface area contributed by atoms with Crippen molar-refractivity contribution in [2.45, 2.75) is 6.92 Å². The summed E-state index contributed by atoms with van der Waals surface area (Å²) in [6.07, 6.45) is 1.45. The number of benzene rings is 1. The van der Waals surface area contributed by atoms with Crippen molar-refractivity contribution in [1.29, 1.82) is 0 Å². The second-order valence-corrected chi connectivity index (χ2v) is 5.80. The molecule has 2 heterocycles. The highest BCUT2D eigenvalue weighted by Gasteiger charge is 2.10. The number of nitrogens with zero attached hydrogens (tertiary/aromatic N) is 2. The molecule has 1 aromatic carbocycles. The molecule has 24 heavy (non-hydrogen) atoms. The minimum atomic E-state index is -0.327. The normalized spacial score (nSPS) is 10.5. The van der Waals surface area contributed by atoms with Gasteiger partial charge in [0.2, 0.25) is 0 Å². The van der Waals surface area contributed by atoms with Gasteiger partial charge in [0.05, 0.1) is 16.3 Å². The number of halogens is 2. The molecule has 0 fully saturated rings. The van der Waals surface area contributed by atoms with Crippen LogP contribution in [0, 0.1) is 6.92 Å². The molecule has 0 unspecified atom stereocenters. The Morgan fingerprint density at radius 1 is 1.12 bits per heavy atom. The van der Waals surface area contributed by atoms with Gasteiger partial charge in [0, 0.05) is 17.3 Å². The van der Waals surface area contributed by atoms with Crippen LogP contribution in [0.4, 0.5) is 17.3 Å². The maximum absolute atomic E-state index is 12.1. The molecule has 0 radical (unpaired) electrons. The van der Waals surface area contributed by atoms with Crippen molar-refractivity contribution in [1.82, 2.24) is 10.1 Å². The van der Waals surface area contributed by atoms with Crippen LogP contribution in [-0.4, -0.2) is 16.0 Å². The molecule has 0 saturated carbocycles. The van der Waals surface area contributed by atoms with Crippen LogP contribution in [0.5, 0.6) is 0 Å². The monoisotopic (exact) mass is 362 g/mol. The quantitative estimate of drug-likeness (QED) is 0.704. The van der Waals surface area contributed by atoms with E-state index in [4.69, 9.17) is 27.7 Å². The van der Waals surface area contributed by atoms with E-state index >= 15 is 0 Å².